The molecule has 0 aromatic rings. The van der Waals surface area contributed by atoms with Gasteiger partial charge >= 0.3 is 0 Å². The van der Waals surface area contributed by atoms with E-state index in [1.165, 1.54) is 0 Å². The Kier molecular flexibility index (Phi) is 21.4. The molecule has 0 aromatic carbocycles. The molecule has 0 amide bonds. The van der Waals surface area contributed by atoms with Crippen LogP contribution in [0, 0.1) is 0 Å². The average Bonchev–Trinajstić information content (AvgIpc) is 2.53. The fourth-order valence-electron chi connectivity index (χ4n) is 1.23. The first kappa shape index (κ1) is 24.9. The number of ether oxygens (including phenoxy) is 4. The Morgan fingerprint density at radius 3 is 1.78 bits per heavy atom. The standard InChI is InChI=1S/C8H18O4.C7H16O4/c1-7(10)6-11-3-4-12-8(2)5-9;1-7(11-5-3-9)6-10-4-2-8/h7-10H,3-6H2,1-2H3;7-9H,2-6H2,1H3. The van der Waals surface area contributed by atoms with Crippen LogP contribution in [0.5, 0.6) is 0 Å². The highest BCUT2D eigenvalue weighted by Gasteiger charge is 2.00. The number of hydrogen-bond acceptors (Lipinski definition) is 8. The maximum Gasteiger partial charge on any atom is 0.0781 e. The number of hydrogen-bond donors (Lipinski definition) is 4. The van der Waals surface area contributed by atoms with Gasteiger partial charge < -0.3 is 39.4 Å². The molecular formula is C15H34O8. The zero-order valence-electron chi connectivity index (χ0n) is 14.5. The first-order valence-corrected chi connectivity index (χ1v) is 7.87. The molecule has 4 N–H and O–H groups in total. The molecule has 0 spiro atoms. The van der Waals surface area contributed by atoms with Crippen molar-refractivity contribution in [3.63, 3.8) is 0 Å². The van der Waals surface area contributed by atoms with E-state index in [-0.39, 0.29) is 32.0 Å². The first-order valence-electron chi connectivity index (χ1n) is 7.87. The van der Waals surface area contributed by atoms with Crippen LogP contribution in [-0.4, -0.2) is 98.2 Å². The number of rotatable bonds is 14. The highest BCUT2D eigenvalue weighted by molar-refractivity contribution is 4.46. The third-order valence-corrected chi connectivity index (χ3v) is 2.33. The van der Waals surface area contributed by atoms with Gasteiger partial charge in [-0.15, -0.1) is 0 Å². The average molecular weight is 342 g/mol. The molecule has 3 unspecified atom stereocenters. The molecule has 0 saturated heterocycles. The summed E-state index contributed by atoms with van der Waals surface area (Å²) in [5, 5.41) is 34.1. The third kappa shape index (κ3) is 24.1. The van der Waals surface area contributed by atoms with Gasteiger partial charge in [0.1, 0.15) is 0 Å². The van der Waals surface area contributed by atoms with Crippen LogP contribution >= 0.6 is 0 Å². The summed E-state index contributed by atoms with van der Waals surface area (Å²) in [6.07, 6.45) is -0.589. The molecule has 142 valence electrons. The molecule has 8 heteroatoms. The second kappa shape index (κ2) is 19.7. The van der Waals surface area contributed by atoms with Crippen molar-refractivity contribution in [2.75, 3.05) is 59.5 Å². The van der Waals surface area contributed by atoms with Crippen LogP contribution in [0.2, 0.25) is 0 Å². The zero-order valence-corrected chi connectivity index (χ0v) is 14.5. The van der Waals surface area contributed by atoms with Crippen molar-refractivity contribution >= 4 is 0 Å². The maximum atomic E-state index is 8.80. The molecule has 0 rings (SSSR count). The minimum Gasteiger partial charge on any atom is -0.394 e. The van der Waals surface area contributed by atoms with E-state index >= 15 is 0 Å². The van der Waals surface area contributed by atoms with Crippen molar-refractivity contribution < 1.29 is 39.4 Å². The second-order valence-corrected chi connectivity index (χ2v) is 4.99. The summed E-state index contributed by atoms with van der Waals surface area (Å²) in [6.45, 7) is 7.77. The van der Waals surface area contributed by atoms with Crippen molar-refractivity contribution in [1.82, 2.24) is 0 Å². The zero-order chi connectivity index (χ0) is 17.9. The molecule has 23 heavy (non-hydrogen) atoms. The van der Waals surface area contributed by atoms with E-state index in [1.807, 2.05) is 6.92 Å². The van der Waals surface area contributed by atoms with Gasteiger partial charge in [-0.05, 0) is 20.8 Å². The summed E-state index contributed by atoms with van der Waals surface area (Å²) in [5.41, 5.74) is 0. The minimum atomic E-state index is -0.430. The summed E-state index contributed by atoms with van der Waals surface area (Å²) < 4.78 is 20.2. The molecular weight excluding hydrogens is 308 g/mol. The molecule has 0 radical (unpaired) electrons. The van der Waals surface area contributed by atoms with Crippen molar-refractivity contribution in [1.29, 1.82) is 0 Å². The lowest BCUT2D eigenvalue weighted by atomic mass is 10.4. The predicted molar refractivity (Wildman–Crippen MR) is 85.4 cm³/mol. The van der Waals surface area contributed by atoms with Crippen LogP contribution in [-0.2, 0) is 18.9 Å². The van der Waals surface area contributed by atoms with Gasteiger partial charge in [-0.3, -0.25) is 0 Å². The first-order chi connectivity index (χ1) is 11.0. The van der Waals surface area contributed by atoms with Gasteiger partial charge in [-0.2, -0.15) is 0 Å². The second-order valence-electron chi connectivity index (χ2n) is 4.99. The Bertz CT molecular complexity index is 216. The number of aliphatic hydroxyl groups excluding tert-OH is 4. The van der Waals surface area contributed by atoms with E-state index in [2.05, 4.69) is 0 Å². The molecule has 0 bridgehead atoms. The van der Waals surface area contributed by atoms with Crippen molar-refractivity contribution in [2.24, 2.45) is 0 Å². The van der Waals surface area contributed by atoms with E-state index < -0.39 is 6.10 Å². The molecule has 8 nitrogen and oxygen atoms in total. The summed E-state index contributed by atoms with van der Waals surface area (Å²) in [6, 6.07) is 0. The predicted octanol–water partition coefficient (Wildman–Crippen LogP) is -0.826. The Morgan fingerprint density at radius 1 is 0.696 bits per heavy atom. The fraction of sp³-hybridized carbons (Fsp3) is 1.00. The Hall–Kier alpha value is -0.320. The van der Waals surface area contributed by atoms with Crippen LogP contribution in [0.4, 0.5) is 0 Å². The highest BCUT2D eigenvalue weighted by atomic mass is 16.5. The highest BCUT2D eigenvalue weighted by Crippen LogP contribution is 1.91. The molecule has 0 saturated carbocycles. The topological polar surface area (TPSA) is 118 Å². The summed E-state index contributed by atoms with van der Waals surface area (Å²) in [5.74, 6) is 0. The lowest BCUT2D eigenvalue weighted by molar-refractivity contribution is -0.0253. The summed E-state index contributed by atoms with van der Waals surface area (Å²) >= 11 is 0. The summed E-state index contributed by atoms with van der Waals surface area (Å²) in [7, 11) is 0. The quantitative estimate of drug-likeness (QED) is 0.302. The van der Waals surface area contributed by atoms with Crippen LogP contribution in [0.1, 0.15) is 20.8 Å². The van der Waals surface area contributed by atoms with Crippen molar-refractivity contribution in [2.45, 2.75) is 39.1 Å². The van der Waals surface area contributed by atoms with Gasteiger partial charge in [0.15, 0.2) is 0 Å². The van der Waals surface area contributed by atoms with Gasteiger partial charge in [0, 0.05) is 0 Å². The third-order valence-electron chi connectivity index (χ3n) is 2.33. The van der Waals surface area contributed by atoms with Crippen LogP contribution in [0.3, 0.4) is 0 Å². The largest absolute Gasteiger partial charge is 0.394 e. The van der Waals surface area contributed by atoms with Crippen LogP contribution in [0.15, 0.2) is 0 Å². The number of aliphatic hydroxyl groups is 4. The normalized spacial score (nSPS) is 14.7. The molecule has 0 aliphatic rings. The van der Waals surface area contributed by atoms with E-state index in [4.69, 9.17) is 39.4 Å². The molecule has 0 heterocycles. The van der Waals surface area contributed by atoms with Gasteiger partial charge in [0.2, 0.25) is 0 Å². The molecule has 3 atom stereocenters. The van der Waals surface area contributed by atoms with E-state index in [1.54, 1.807) is 13.8 Å². The lowest BCUT2D eigenvalue weighted by Crippen LogP contribution is -2.18. The molecule has 0 aliphatic carbocycles. The van der Waals surface area contributed by atoms with Gasteiger partial charge in [-0.1, -0.05) is 0 Å². The van der Waals surface area contributed by atoms with Crippen molar-refractivity contribution in [3.05, 3.63) is 0 Å². The van der Waals surface area contributed by atoms with Gasteiger partial charge in [0.05, 0.1) is 77.8 Å². The molecule has 0 aromatic heterocycles. The van der Waals surface area contributed by atoms with Crippen LogP contribution in [0.25, 0.3) is 0 Å². The Balaban J connectivity index is 0. The monoisotopic (exact) mass is 342 g/mol. The maximum absolute atomic E-state index is 8.80. The minimum absolute atomic E-state index is 0.0197. The smallest absolute Gasteiger partial charge is 0.0781 e. The SMILES string of the molecule is CC(COCCO)OCCO.CC(O)COCCOC(C)CO. The fourth-order valence-corrected chi connectivity index (χ4v) is 1.23. The Morgan fingerprint density at radius 2 is 1.26 bits per heavy atom. The van der Waals surface area contributed by atoms with Gasteiger partial charge in [0.25, 0.3) is 0 Å². The Labute approximate surface area is 138 Å². The van der Waals surface area contributed by atoms with Crippen LogP contribution < -0.4 is 0 Å². The van der Waals surface area contributed by atoms with E-state index in [9.17, 15) is 0 Å². The van der Waals surface area contributed by atoms with Crippen molar-refractivity contribution in [3.8, 4) is 0 Å². The lowest BCUT2D eigenvalue weighted by Gasteiger charge is -2.11. The molecule has 0 fully saturated rings. The van der Waals surface area contributed by atoms with E-state index in [0.29, 0.717) is 39.6 Å². The summed E-state index contributed by atoms with van der Waals surface area (Å²) in [4.78, 5) is 0. The van der Waals surface area contributed by atoms with Gasteiger partial charge in [-0.25, -0.2) is 0 Å². The van der Waals surface area contributed by atoms with E-state index in [0.717, 1.165) is 0 Å². The molecule has 0 aliphatic heterocycles.